The van der Waals surface area contributed by atoms with Crippen LogP contribution in [0, 0.1) is 29.9 Å². The van der Waals surface area contributed by atoms with Gasteiger partial charge in [0.25, 0.3) is 11.8 Å². The summed E-state index contributed by atoms with van der Waals surface area (Å²) in [5, 5.41) is 14.5. The van der Waals surface area contributed by atoms with Crippen molar-refractivity contribution in [3.8, 4) is 18.1 Å². The Kier molecular flexibility index (Phi) is 7.01. The first-order valence-electron chi connectivity index (χ1n) is 10.4. The van der Waals surface area contributed by atoms with Crippen LogP contribution in [0.15, 0.2) is 29.2 Å². The minimum Gasteiger partial charge on any atom is -0.502 e. The molecule has 3 rings (SSSR count). The number of aromatic nitrogens is 1. The van der Waals surface area contributed by atoms with Crippen LogP contribution in [0.5, 0.6) is 5.75 Å². The molecule has 0 radical (unpaired) electrons. The topological polar surface area (TPSA) is 94.9 Å². The summed E-state index contributed by atoms with van der Waals surface area (Å²) in [5.41, 5.74) is -1.77. The molecule has 1 aromatic heterocycles. The van der Waals surface area contributed by atoms with Crippen molar-refractivity contribution in [2.75, 3.05) is 24.8 Å². The number of amides is 2. The lowest BCUT2D eigenvalue weighted by molar-refractivity contribution is 0.0661. The lowest BCUT2D eigenvalue weighted by atomic mass is 10.1. The quantitative estimate of drug-likeness (QED) is 0.617. The van der Waals surface area contributed by atoms with E-state index in [1.807, 2.05) is 13.8 Å². The number of carbonyl (C=O) groups is 2. The first kappa shape index (κ1) is 23.8. The van der Waals surface area contributed by atoms with Crippen molar-refractivity contribution in [3.63, 3.8) is 0 Å². The number of aromatic hydroxyl groups is 1. The van der Waals surface area contributed by atoms with Gasteiger partial charge in [-0.3, -0.25) is 24.1 Å². The van der Waals surface area contributed by atoms with Crippen molar-refractivity contribution in [2.24, 2.45) is 5.92 Å². The molecule has 1 unspecified atom stereocenters. The smallest absolute Gasteiger partial charge is 0.277 e. The van der Waals surface area contributed by atoms with E-state index in [-0.39, 0.29) is 36.9 Å². The molecule has 10 heteroatoms. The predicted molar refractivity (Wildman–Crippen MR) is 117 cm³/mol. The van der Waals surface area contributed by atoms with Gasteiger partial charge in [-0.1, -0.05) is 32.3 Å². The lowest BCUT2D eigenvalue weighted by Gasteiger charge is -2.39. The van der Waals surface area contributed by atoms with Crippen LogP contribution in [0.2, 0.25) is 0 Å². The third kappa shape index (κ3) is 4.82. The van der Waals surface area contributed by atoms with Gasteiger partial charge in [-0.2, -0.15) is 0 Å². The summed E-state index contributed by atoms with van der Waals surface area (Å²) in [5.74, 6) is -1.32. The summed E-state index contributed by atoms with van der Waals surface area (Å²) < 4.78 is 28.1. The van der Waals surface area contributed by atoms with Crippen molar-refractivity contribution in [1.82, 2.24) is 14.9 Å². The number of carbonyl (C=O) groups excluding carboxylic acids is 2. The summed E-state index contributed by atoms with van der Waals surface area (Å²) in [6.07, 6.45) is 7.41. The normalized spacial score (nSPS) is 14.0. The largest absolute Gasteiger partial charge is 0.502 e. The number of benzene rings is 1. The number of hydrogen-bond acceptors (Lipinski definition) is 5. The Morgan fingerprint density at radius 2 is 2.06 bits per heavy atom. The highest BCUT2D eigenvalue weighted by Crippen LogP contribution is 2.22. The molecule has 0 bridgehead atoms. The molecule has 2 aromatic rings. The van der Waals surface area contributed by atoms with Gasteiger partial charge in [0.1, 0.15) is 23.9 Å². The zero-order valence-corrected chi connectivity index (χ0v) is 18.3. The third-order valence-corrected chi connectivity index (χ3v) is 5.49. The van der Waals surface area contributed by atoms with E-state index in [2.05, 4.69) is 11.2 Å². The molecule has 1 aromatic carbocycles. The highest BCUT2D eigenvalue weighted by Gasteiger charge is 2.34. The summed E-state index contributed by atoms with van der Waals surface area (Å²) >= 11 is 0. The Morgan fingerprint density at radius 3 is 2.70 bits per heavy atom. The van der Waals surface area contributed by atoms with Crippen LogP contribution in [0.1, 0.15) is 46.7 Å². The molecule has 8 nitrogen and oxygen atoms in total. The molecule has 1 aliphatic rings. The monoisotopic (exact) mass is 458 g/mol. The Hall–Kier alpha value is -3.87. The summed E-state index contributed by atoms with van der Waals surface area (Å²) in [6.45, 7) is 4.18. The molecule has 174 valence electrons. The number of nitrogens with one attached hydrogen (secondary N) is 1. The molecule has 2 heterocycles. The van der Waals surface area contributed by atoms with Crippen LogP contribution >= 0.6 is 0 Å². The third-order valence-electron chi connectivity index (χ3n) is 5.49. The average molecular weight is 458 g/mol. The van der Waals surface area contributed by atoms with E-state index in [9.17, 15) is 28.3 Å². The average Bonchev–Trinajstić information content (AvgIpc) is 2.77. The van der Waals surface area contributed by atoms with Crippen LogP contribution in [-0.4, -0.2) is 46.3 Å². The van der Waals surface area contributed by atoms with Crippen LogP contribution in [0.25, 0.3) is 0 Å². The van der Waals surface area contributed by atoms with Gasteiger partial charge in [-0.25, -0.2) is 8.78 Å². The number of halogens is 2. The van der Waals surface area contributed by atoms with Crippen LogP contribution < -0.4 is 15.8 Å². The molecule has 0 saturated heterocycles. The zero-order valence-electron chi connectivity index (χ0n) is 18.3. The molecule has 2 amide bonds. The van der Waals surface area contributed by atoms with Gasteiger partial charge in [-0.15, -0.1) is 6.42 Å². The second-order valence-corrected chi connectivity index (χ2v) is 7.88. The minimum absolute atomic E-state index is 0.0110. The molecule has 1 atom stereocenters. The van der Waals surface area contributed by atoms with Gasteiger partial charge >= 0.3 is 0 Å². The molecule has 33 heavy (non-hydrogen) atoms. The van der Waals surface area contributed by atoms with Crippen LogP contribution in [-0.2, 0) is 6.54 Å². The Morgan fingerprint density at radius 1 is 1.33 bits per heavy atom. The zero-order chi connectivity index (χ0) is 24.3. The number of nitrogens with zero attached hydrogens (tertiary/aromatic N) is 3. The molecule has 0 spiro atoms. The molecular formula is C23H24F2N4O4. The van der Waals surface area contributed by atoms with Gasteiger partial charge in [0.15, 0.2) is 11.4 Å². The van der Waals surface area contributed by atoms with E-state index in [0.29, 0.717) is 12.6 Å². The molecule has 0 saturated carbocycles. The van der Waals surface area contributed by atoms with Crippen molar-refractivity contribution in [2.45, 2.75) is 26.8 Å². The second kappa shape index (κ2) is 9.73. The van der Waals surface area contributed by atoms with Crippen molar-refractivity contribution < 1.29 is 23.5 Å². The predicted octanol–water partition coefficient (Wildman–Crippen LogP) is 1.79. The first-order valence-corrected chi connectivity index (χ1v) is 10.4. The SMILES string of the molecule is C#CCN1CN(CC(C)CC)C(=O)c2c(O)c(=O)c(C(=O)NCc3ccc(F)cc3F)cn21. The number of rotatable bonds is 7. The van der Waals surface area contributed by atoms with Crippen molar-refractivity contribution in [3.05, 3.63) is 63.1 Å². The molecule has 1 aliphatic heterocycles. The Balaban J connectivity index is 1.95. The lowest BCUT2D eigenvalue weighted by Crippen LogP contribution is -2.55. The van der Waals surface area contributed by atoms with Crippen molar-refractivity contribution in [1.29, 1.82) is 0 Å². The summed E-state index contributed by atoms with van der Waals surface area (Å²) in [6, 6.07) is 2.88. The highest BCUT2D eigenvalue weighted by atomic mass is 19.1. The molecule has 0 aliphatic carbocycles. The van der Waals surface area contributed by atoms with Crippen LogP contribution in [0.4, 0.5) is 8.78 Å². The van der Waals surface area contributed by atoms with Crippen molar-refractivity contribution >= 4 is 11.8 Å². The van der Waals surface area contributed by atoms with Crippen LogP contribution in [0.3, 0.4) is 0 Å². The number of fused-ring (bicyclic) bond motifs is 1. The van der Waals surface area contributed by atoms with E-state index in [0.717, 1.165) is 18.7 Å². The fourth-order valence-electron chi connectivity index (χ4n) is 3.47. The maximum atomic E-state index is 13.8. The van der Waals surface area contributed by atoms with Gasteiger partial charge in [0, 0.05) is 30.9 Å². The van der Waals surface area contributed by atoms with Gasteiger partial charge in [0.05, 0.1) is 6.54 Å². The number of hydrogen-bond donors (Lipinski definition) is 2. The van der Waals surface area contributed by atoms with E-state index < -0.39 is 40.2 Å². The second-order valence-electron chi connectivity index (χ2n) is 7.88. The Bertz CT molecular complexity index is 1190. The fraction of sp³-hybridized carbons (Fsp3) is 0.348. The van der Waals surface area contributed by atoms with Gasteiger partial charge in [0.2, 0.25) is 5.43 Å². The maximum Gasteiger partial charge on any atom is 0.277 e. The summed E-state index contributed by atoms with van der Waals surface area (Å²) in [7, 11) is 0. The van der Waals surface area contributed by atoms with Gasteiger partial charge in [-0.05, 0) is 12.0 Å². The van der Waals surface area contributed by atoms with E-state index in [1.165, 1.54) is 20.7 Å². The number of pyridine rings is 1. The highest BCUT2D eigenvalue weighted by molar-refractivity contribution is 5.99. The standard InChI is InChI=1S/C23H24F2N4O4/c1-4-8-28-13-27(11-14(3)5-2)23(33)19-21(31)20(30)17(12-29(19)28)22(32)26-10-15-6-7-16(24)9-18(15)25/h1,6-7,9,12,14,31H,5,8,10-11,13H2,2-3H3,(H,26,32). The first-order chi connectivity index (χ1) is 15.7. The van der Waals surface area contributed by atoms with Gasteiger partial charge < -0.3 is 15.3 Å². The summed E-state index contributed by atoms with van der Waals surface area (Å²) in [4.78, 5) is 39.9. The Labute approximate surface area is 189 Å². The molecule has 2 N–H and O–H groups in total. The maximum absolute atomic E-state index is 13.8. The number of terminal acetylenes is 1. The van der Waals surface area contributed by atoms with E-state index >= 15 is 0 Å². The fourth-order valence-corrected chi connectivity index (χ4v) is 3.47. The molecular weight excluding hydrogens is 434 g/mol. The molecule has 0 fully saturated rings. The minimum atomic E-state index is -1.04. The van der Waals surface area contributed by atoms with E-state index in [1.54, 1.807) is 0 Å². The van der Waals surface area contributed by atoms with E-state index in [4.69, 9.17) is 6.42 Å².